The first-order chi connectivity index (χ1) is 9.66. The van der Waals surface area contributed by atoms with Crippen LogP contribution in [0.25, 0.3) is 0 Å². The fourth-order valence-electron chi connectivity index (χ4n) is 1.99. The largest absolute Gasteiger partial charge is 0.368 e. The van der Waals surface area contributed by atoms with E-state index in [-0.39, 0.29) is 17.9 Å². The van der Waals surface area contributed by atoms with Crippen LogP contribution in [-0.2, 0) is 9.53 Å². The second-order valence-corrected chi connectivity index (χ2v) is 5.47. The number of hydrogen-bond acceptors (Lipinski definition) is 3. The molecule has 0 bridgehead atoms. The summed E-state index contributed by atoms with van der Waals surface area (Å²) in [4.78, 5) is 23.5. The molecule has 0 aliphatic carbocycles. The van der Waals surface area contributed by atoms with Crippen LogP contribution in [0.5, 0.6) is 0 Å². The summed E-state index contributed by atoms with van der Waals surface area (Å²) in [5.74, 6) is -0.253. The molecule has 2 rings (SSSR count). The van der Waals surface area contributed by atoms with Crippen molar-refractivity contribution in [2.75, 3.05) is 19.7 Å². The van der Waals surface area contributed by atoms with Gasteiger partial charge >= 0.3 is 0 Å². The van der Waals surface area contributed by atoms with Crippen molar-refractivity contribution in [1.29, 1.82) is 0 Å². The molecule has 0 unspecified atom stereocenters. The summed E-state index contributed by atoms with van der Waals surface area (Å²) in [6.07, 6.45) is 1.38. The van der Waals surface area contributed by atoms with Crippen LogP contribution in [0.3, 0.4) is 0 Å². The Kier molecular flexibility index (Phi) is 5.55. The maximum atomic E-state index is 11.8. The van der Waals surface area contributed by atoms with E-state index in [1.54, 1.807) is 18.2 Å². The molecule has 1 aliphatic heterocycles. The highest BCUT2D eigenvalue weighted by Crippen LogP contribution is 2.12. The molecule has 2 N–H and O–H groups in total. The number of rotatable bonds is 5. The number of nitrogens with one attached hydrogen (secondary N) is 2. The minimum absolute atomic E-state index is 0.0980. The van der Waals surface area contributed by atoms with E-state index in [1.807, 2.05) is 6.07 Å². The first-order valence-electron chi connectivity index (χ1n) is 6.60. The minimum Gasteiger partial charge on any atom is -0.368 e. The molecule has 1 atom stereocenters. The van der Waals surface area contributed by atoms with E-state index in [2.05, 4.69) is 26.6 Å². The molecule has 20 heavy (non-hydrogen) atoms. The van der Waals surface area contributed by atoms with Gasteiger partial charge in [0.15, 0.2) is 0 Å². The molecule has 0 radical (unpaired) electrons. The number of carbonyl (C=O) groups is 2. The van der Waals surface area contributed by atoms with Gasteiger partial charge in [-0.3, -0.25) is 9.59 Å². The number of amides is 2. The van der Waals surface area contributed by atoms with Gasteiger partial charge in [-0.1, -0.05) is 22.0 Å². The Hall–Kier alpha value is -1.40. The zero-order valence-corrected chi connectivity index (χ0v) is 12.6. The molecule has 1 saturated heterocycles. The minimum atomic E-state index is -0.323. The van der Waals surface area contributed by atoms with Gasteiger partial charge in [-0.05, 0) is 31.0 Å². The third-order valence-corrected chi connectivity index (χ3v) is 3.51. The van der Waals surface area contributed by atoms with Crippen LogP contribution in [0.4, 0.5) is 0 Å². The van der Waals surface area contributed by atoms with Crippen LogP contribution >= 0.6 is 15.9 Å². The summed E-state index contributed by atoms with van der Waals surface area (Å²) in [7, 11) is 0. The summed E-state index contributed by atoms with van der Waals surface area (Å²) in [5, 5.41) is 5.51. The Morgan fingerprint density at radius 2 is 2.10 bits per heavy atom. The molecular weight excluding hydrogens is 324 g/mol. The molecule has 1 heterocycles. The molecule has 2 amide bonds. The highest BCUT2D eigenvalue weighted by Gasteiger charge is 2.22. The van der Waals surface area contributed by atoms with Gasteiger partial charge in [-0.2, -0.15) is 0 Å². The van der Waals surface area contributed by atoms with Crippen LogP contribution in [-0.4, -0.2) is 37.6 Å². The van der Waals surface area contributed by atoms with Crippen LogP contribution in [0, 0.1) is 0 Å². The predicted molar refractivity (Wildman–Crippen MR) is 78.5 cm³/mol. The van der Waals surface area contributed by atoms with Crippen molar-refractivity contribution in [3.05, 3.63) is 34.3 Å². The highest BCUT2D eigenvalue weighted by molar-refractivity contribution is 9.10. The van der Waals surface area contributed by atoms with E-state index < -0.39 is 0 Å². The smallest absolute Gasteiger partial charge is 0.251 e. The van der Waals surface area contributed by atoms with Crippen molar-refractivity contribution in [1.82, 2.24) is 10.6 Å². The van der Waals surface area contributed by atoms with E-state index in [4.69, 9.17) is 4.74 Å². The maximum absolute atomic E-state index is 11.8. The number of carbonyl (C=O) groups excluding carboxylic acids is 2. The molecule has 0 spiro atoms. The maximum Gasteiger partial charge on any atom is 0.251 e. The van der Waals surface area contributed by atoms with Gasteiger partial charge in [0.25, 0.3) is 5.91 Å². The molecule has 0 aromatic heterocycles. The average molecular weight is 341 g/mol. The van der Waals surface area contributed by atoms with E-state index >= 15 is 0 Å². The predicted octanol–water partition coefficient (Wildman–Crippen LogP) is 1.47. The first-order valence-corrected chi connectivity index (χ1v) is 7.39. The van der Waals surface area contributed by atoms with Crippen molar-refractivity contribution in [3.63, 3.8) is 0 Å². The van der Waals surface area contributed by atoms with Crippen LogP contribution in [0.15, 0.2) is 28.7 Å². The van der Waals surface area contributed by atoms with Gasteiger partial charge in [-0.15, -0.1) is 0 Å². The van der Waals surface area contributed by atoms with Crippen molar-refractivity contribution < 1.29 is 14.3 Å². The molecular formula is C14H17BrN2O3. The second kappa shape index (κ2) is 7.40. The summed E-state index contributed by atoms with van der Waals surface area (Å²) in [6, 6.07) is 7.15. The Labute approximate surface area is 126 Å². The van der Waals surface area contributed by atoms with Crippen LogP contribution in [0.2, 0.25) is 0 Å². The molecule has 1 fully saturated rings. The number of benzene rings is 1. The van der Waals surface area contributed by atoms with Crippen molar-refractivity contribution in [2.24, 2.45) is 0 Å². The lowest BCUT2D eigenvalue weighted by molar-refractivity contribution is -0.129. The Morgan fingerprint density at radius 3 is 2.80 bits per heavy atom. The molecule has 6 heteroatoms. The second-order valence-electron chi connectivity index (χ2n) is 4.56. The van der Waals surface area contributed by atoms with Gasteiger partial charge in [0, 0.05) is 29.7 Å². The van der Waals surface area contributed by atoms with Gasteiger partial charge in [0.2, 0.25) is 5.91 Å². The molecule has 1 aromatic carbocycles. The normalized spacial score (nSPS) is 17.8. The zero-order chi connectivity index (χ0) is 14.4. The van der Waals surface area contributed by atoms with Crippen molar-refractivity contribution in [3.8, 4) is 0 Å². The molecule has 108 valence electrons. The quantitative estimate of drug-likeness (QED) is 0.797. The number of halogens is 1. The SMILES string of the molecule is O=C(NCCNC(=O)[C@H]1CCCO1)c1cccc(Br)c1. The van der Waals surface area contributed by atoms with E-state index in [9.17, 15) is 9.59 Å². The third-order valence-electron chi connectivity index (χ3n) is 3.02. The van der Waals surface area contributed by atoms with E-state index in [1.165, 1.54) is 0 Å². The van der Waals surface area contributed by atoms with E-state index in [0.29, 0.717) is 25.3 Å². The summed E-state index contributed by atoms with van der Waals surface area (Å²) >= 11 is 3.32. The van der Waals surface area contributed by atoms with E-state index in [0.717, 1.165) is 17.3 Å². The molecule has 1 aliphatic rings. The standard InChI is InChI=1S/C14H17BrN2O3/c15-11-4-1-3-10(9-11)13(18)16-6-7-17-14(19)12-5-2-8-20-12/h1,3-4,9,12H,2,5-8H2,(H,16,18)(H,17,19)/t12-/m1/s1. The average Bonchev–Trinajstić information content (AvgIpc) is 2.97. The van der Waals surface area contributed by atoms with Gasteiger partial charge in [-0.25, -0.2) is 0 Å². The van der Waals surface area contributed by atoms with Gasteiger partial charge in [0.05, 0.1) is 0 Å². The third kappa shape index (κ3) is 4.31. The lowest BCUT2D eigenvalue weighted by Crippen LogP contribution is -2.39. The Morgan fingerprint density at radius 1 is 1.30 bits per heavy atom. The van der Waals surface area contributed by atoms with Crippen LogP contribution < -0.4 is 10.6 Å². The molecule has 5 nitrogen and oxygen atoms in total. The van der Waals surface area contributed by atoms with Gasteiger partial charge < -0.3 is 15.4 Å². The summed E-state index contributed by atoms with van der Waals surface area (Å²) < 4.78 is 6.13. The van der Waals surface area contributed by atoms with Gasteiger partial charge in [0.1, 0.15) is 6.10 Å². The lowest BCUT2D eigenvalue weighted by Gasteiger charge is -2.11. The van der Waals surface area contributed by atoms with Crippen LogP contribution in [0.1, 0.15) is 23.2 Å². The fourth-order valence-corrected chi connectivity index (χ4v) is 2.39. The summed E-state index contributed by atoms with van der Waals surface area (Å²) in [5.41, 5.74) is 0.588. The number of ether oxygens (including phenoxy) is 1. The first kappa shape index (κ1) is 15.0. The number of hydrogen-bond donors (Lipinski definition) is 2. The topological polar surface area (TPSA) is 67.4 Å². The Bertz CT molecular complexity index is 487. The monoisotopic (exact) mass is 340 g/mol. The zero-order valence-electron chi connectivity index (χ0n) is 11.0. The molecule has 1 aromatic rings. The van der Waals surface area contributed by atoms with Crippen molar-refractivity contribution >= 4 is 27.7 Å². The fraction of sp³-hybridized carbons (Fsp3) is 0.429. The molecule has 0 saturated carbocycles. The van der Waals surface area contributed by atoms with Crippen molar-refractivity contribution in [2.45, 2.75) is 18.9 Å². The Balaban J connectivity index is 1.68. The lowest BCUT2D eigenvalue weighted by atomic mass is 10.2. The summed E-state index contributed by atoms with van der Waals surface area (Å²) in [6.45, 7) is 1.44. The highest BCUT2D eigenvalue weighted by atomic mass is 79.9.